The summed E-state index contributed by atoms with van der Waals surface area (Å²) in [4.78, 5) is 28.3. The summed E-state index contributed by atoms with van der Waals surface area (Å²) in [6.07, 6.45) is 0.693. The van der Waals surface area contributed by atoms with Gasteiger partial charge in [0.15, 0.2) is 0 Å². The van der Waals surface area contributed by atoms with E-state index in [9.17, 15) is 9.59 Å². The van der Waals surface area contributed by atoms with E-state index in [0.29, 0.717) is 18.0 Å². The van der Waals surface area contributed by atoms with Crippen molar-refractivity contribution in [2.45, 2.75) is 32.5 Å². The summed E-state index contributed by atoms with van der Waals surface area (Å²) in [6.45, 7) is 5.02. The number of carbonyl (C=O) groups is 2. The van der Waals surface area contributed by atoms with Gasteiger partial charge in [0, 0.05) is 28.9 Å². The van der Waals surface area contributed by atoms with Crippen molar-refractivity contribution in [3.05, 3.63) is 137 Å². The fraction of sp³-hybridized carbons (Fsp3) is 0.212. The highest BCUT2D eigenvalue weighted by Crippen LogP contribution is 2.35. The Hall–Kier alpha value is -4.38. The minimum atomic E-state index is -0.252. The summed E-state index contributed by atoms with van der Waals surface area (Å²) >= 11 is 0. The van der Waals surface area contributed by atoms with E-state index in [-0.39, 0.29) is 24.0 Å². The topological polar surface area (TPSA) is 61.4 Å². The highest BCUT2D eigenvalue weighted by Gasteiger charge is 2.36. The number of nitrogens with zero attached hydrogens (tertiary/aromatic N) is 1. The number of fused-ring (bicyclic) bond motifs is 1. The van der Waals surface area contributed by atoms with Crippen molar-refractivity contribution in [1.82, 2.24) is 10.2 Å². The van der Waals surface area contributed by atoms with Crippen LogP contribution in [0.15, 0.2) is 109 Å². The predicted octanol–water partition coefficient (Wildman–Crippen LogP) is 6.82. The lowest BCUT2D eigenvalue weighted by Gasteiger charge is -2.28. The fourth-order valence-corrected chi connectivity index (χ4v) is 4.89. The number of rotatable bonds is 9. The van der Waals surface area contributed by atoms with Gasteiger partial charge in [-0.1, -0.05) is 92.7 Å². The molecule has 5 heteroatoms. The zero-order valence-electron chi connectivity index (χ0n) is 21.8. The first-order chi connectivity index (χ1) is 18.5. The van der Waals surface area contributed by atoms with E-state index in [4.69, 9.17) is 0 Å². The largest absolute Gasteiger partial charge is 0.361 e. The summed E-state index contributed by atoms with van der Waals surface area (Å²) in [5.74, 6) is 0.414. The molecule has 1 aliphatic heterocycles. The Morgan fingerprint density at radius 2 is 1.37 bits per heavy atom. The van der Waals surface area contributed by atoms with Crippen LogP contribution >= 0.6 is 0 Å². The highest BCUT2D eigenvalue weighted by molar-refractivity contribution is 5.99. The molecule has 2 amide bonds. The first-order valence-electron chi connectivity index (χ1n) is 13.2. The van der Waals surface area contributed by atoms with Gasteiger partial charge in [0.25, 0.3) is 11.8 Å². The van der Waals surface area contributed by atoms with Crippen molar-refractivity contribution in [2.24, 2.45) is 5.92 Å². The molecule has 38 heavy (non-hydrogen) atoms. The minimum Gasteiger partial charge on any atom is -0.361 e. The van der Waals surface area contributed by atoms with E-state index < -0.39 is 0 Å². The van der Waals surface area contributed by atoms with Crippen molar-refractivity contribution in [3.63, 3.8) is 0 Å². The molecule has 4 aromatic carbocycles. The zero-order valence-corrected chi connectivity index (χ0v) is 21.8. The van der Waals surface area contributed by atoms with Crippen molar-refractivity contribution in [3.8, 4) is 0 Å². The lowest BCUT2D eigenvalue weighted by Crippen LogP contribution is -2.33. The highest BCUT2D eigenvalue weighted by atomic mass is 16.2. The third-order valence-corrected chi connectivity index (χ3v) is 7.00. The fourth-order valence-electron chi connectivity index (χ4n) is 4.89. The summed E-state index contributed by atoms with van der Waals surface area (Å²) in [5, 5.41) is 6.73. The van der Waals surface area contributed by atoms with Crippen LogP contribution in [0.5, 0.6) is 0 Å². The van der Waals surface area contributed by atoms with Crippen molar-refractivity contribution >= 4 is 17.5 Å². The Labute approximate surface area is 224 Å². The third kappa shape index (κ3) is 5.47. The van der Waals surface area contributed by atoms with Crippen LogP contribution in [0.4, 0.5) is 5.69 Å². The van der Waals surface area contributed by atoms with Crippen LogP contribution in [0.25, 0.3) is 0 Å². The Balaban J connectivity index is 1.33. The van der Waals surface area contributed by atoms with Crippen molar-refractivity contribution in [2.75, 3.05) is 11.9 Å². The van der Waals surface area contributed by atoms with E-state index >= 15 is 0 Å². The maximum absolute atomic E-state index is 13.3. The number of hydrogen-bond acceptors (Lipinski definition) is 3. The van der Waals surface area contributed by atoms with Crippen LogP contribution in [0, 0.1) is 5.92 Å². The molecule has 5 rings (SSSR count). The van der Waals surface area contributed by atoms with Gasteiger partial charge in [-0.2, -0.15) is 0 Å². The molecular weight excluding hydrogens is 470 g/mol. The second-order valence-electron chi connectivity index (χ2n) is 10.1. The molecule has 0 saturated carbocycles. The summed E-state index contributed by atoms with van der Waals surface area (Å²) in [6, 6.07) is 34.9. The number of hydrogen-bond donors (Lipinski definition) is 2. The molecular formula is C33H33N3O2. The Morgan fingerprint density at radius 3 is 1.97 bits per heavy atom. The SMILES string of the molecule is CC(C)CCN1C(=O)c2ccccc2C1Nc1ccc(C(=O)NC(c2ccccc2)c2ccccc2)cc1. The Bertz CT molecular complexity index is 1350. The van der Waals surface area contributed by atoms with Crippen LogP contribution in [-0.4, -0.2) is 23.3 Å². The van der Waals surface area contributed by atoms with Gasteiger partial charge in [0.2, 0.25) is 0 Å². The Kier molecular flexibility index (Phi) is 7.55. The maximum atomic E-state index is 13.3. The van der Waals surface area contributed by atoms with E-state index in [1.54, 1.807) is 0 Å². The molecule has 1 aliphatic rings. The van der Waals surface area contributed by atoms with Gasteiger partial charge >= 0.3 is 0 Å². The molecule has 1 heterocycles. The van der Waals surface area contributed by atoms with Crippen LogP contribution in [-0.2, 0) is 0 Å². The lowest BCUT2D eigenvalue weighted by molar-refractivity contribution is 0.0734. The molecule has 0 spiro atoms. The molecule has 0 fully saturated rings. The van der Waals surface area contributed by atoms with Crippen LogP contribution < -0.4 is 10.6 Å². The summed E-state index contributed by atoms with van der Waals surface area (Å²) < 4.78 is 0. The van der Waals surface area contributed by atoms with Crippen LogP contribution in [0.3, 0.4) is 0 Å². The lowest BCUT2D eigenvalue weighted by atomic mass is 9.98. The van der Waals surface area contributed by atoms with Gasteiger partial charge in [-0.05, 0) is 53.8 Å². The molecule has 1 unspecified atom stereocenters. The normalized spacial score (nSPS) is 14.6. The zero-order chi connectivity index (χ0) is 26.5. The molecule has 0 saturated heterocycles. The second kappa shape index (κ2) is 11.3. The molecule has 4 aromatic rings. The first kappa shape index (κ1) is 25.3. The van der Waals surface area contributed by atoms with Gasteiger partial charge in [-0.3, -0.25) is 9.59 Å². The average Bonchev–Trinajstić information content (AvgIpc) is 3.22. The Morgan fingerprint density at radius 1 is 0.789 bits per heavy atom. The molecule has 0 aliphatic carbocycles. The third-order valence-electron chi connectivity index (χ3n) is 7.00. The van der Waals surface area contributed by atoms with E-state index in [1.807, 2.05) is 114 Å². The van der Waals surface area contributed by atoms with Crippen molar-refractivity contribution < 1.29 is 9.59 Å². The standard InChI is InChI=1S/C33H33N3O2/c1-23(2)21-22-36-31(28-15-9-10-16-29(28)33(36)38)34-27-19-17-26(18-20-27)32(37)35-30(24-11-5-3-6-12-24)25-13-7-4-8-14-25/h3-20,23,30-31,34H,21-22H2,1-2H3,(H,35,37). The molecule has 192 valence electrons. The smallest absolute Gasteiger partial charge is 0.256 e. The van der Waals surface area contributed by atoms with Gasteiger partial charge in [0.05, 0.1) is 6.04 Å². The van der Waals surface area contributed by atoms with Crippen molar-refractivity contribution in [1.29, 1.82) is 0 Å². The number of anilines is 1. The molecule has 0 bridgehead atoms. The number of amides is 2. The number of carbonyl (C=O) groups excluding carboxylic acids is 2. The molecule has 0 aromatic heterocycles. The molecule has 2 N–H and O–H groups in total. The molecule has 0 radical (unpaired) electrons. The first-order valence-corrected chi connectivity index (χ1v) is 13.2. The summed E-state index contributed by atoms with van der Waals surface area (Å²) in [7, 11) is 0. The number of benzene rings is 4. The van der Waals surface area contributed by atoms with Crippen LogP contribution in [0.1, 0.15) is 69.9 Å². The average molecular weight is 504 g/mol. The predicted molar refractivity (Wildman–Crippen MR) is 152 cm³/mol. The minimum absolute atomic E-state index is 0.0580. The van der Waals surface area contributed by atoms with Gasteiger partial charge in [-0.15, -0.1) is 0 Å². The second-order valence-corrected chi connectivity index (χ2v) is 10.1. The molecule has 5 nitrogen and oxygen atoms in total. The van der Waals surface area contributed by atoms with Gasteiger partial charge in [-0.25, -0.2) is 0 Å². The quantitative estimate of drug-likeness (QED) is 0.263. The van der Waals surface area contributed by atoms with Crippen LogP contribution in [0.2, 0.25) is 0 Å². The van der Waals surface area contributed by atoms with Gasteiger partial charge < -0.3 is 15.5 Å². The van der Waals surface area contributed by atoms with Gasteiger partial charge in [0.1, 0.15) is 6.17 Å². The van der Waals surface area contributed by atoms with E-state index in [2.05, 4.69) is 24.5 Å². The van der Waals surface area contributed by atoms with E-state index in [1.165, 1.54) is 0 Å². The summed E-state index contributed by atoms with van der Waals surface area (Å²) in [5.41, 5.74) is 5.21. The number of nitrogens with one attached hydrogen (secondary N) is 2. The van der Waals surface area contributed by atoms with E-state index in [0.717, 1.165) is 34.4 Å². The monoisotopic (exact) mass is 503 g/mol. The maximum Gasteiger partial charge on any atom is 0.256 e. The molecule has 1 atom stereocenters.